The molecule has 1 fully saturated rings. The van der Waals surface area contributed by atoms with Gasteiger partial charge in [0.25, 0.3) is 0 Å². The second kappa shape index (κ2) is 7.85. The fraction of sp³-hybridized carbons (Fsp3) is 0.471. The van der Waals surface area contributed by atoms with Crippen molar-refractivity contribution in [2.24, 2.45) is 16.6 Å². The highest BCUT2D eigenvalue weighted by molar-refractivity contribution is 14.0. The van der Waals surface area contributed by atoms with Crippen LogP contribution in [-0.4, -0.2) is 24.0 Å². The summed E-state index contributed by atoms with van der Waals surface area (Å²) in [4.78, 5) is 7.86. The normalized spacial score (nSPS) is 15.4. The molecule has 1 saturated carbocycles. The Labute approximate surface area is 149 Å². The summed E-state index contributed by atoms with van der Waals surface area (Å²) in [6.07, 6.45) is 4.93. The molecule has 1 aliphatic carbocycles. The summed E-state index contributed by atoms with van der Waals surface area (Å²) in [6.45, 7) is 3.83. The monoisotopic (exact) mass is 412 g/mol. The molecule has 0 unspecified atom stereocenters. The van der Waals surface area contributed by atoms with E-state index in [9.17, 15) is 0 Å². The molecule has 1 aliphatic rings. The van der Waals surface area contributed by atoms with Gasteiger partial charge in [-0.15, -0.1) is 24.0 Å². The lowest BCUT2D eigenvalue weighted by atomic mass is 9.86. The number of nitrogens with two attached hydrogens (primary N) is 1. The van der Waals surface area contributed by atoms with Gasteiger partial charge in [0.15, 0.2) is 5.96 Å². The number of halogens is 1. The number of hydrogen-bond acceptors (Lipinski definition) is 1. The molecule has 4 nitrogen and oxygen atoms in total. The molecule has 0 radical (unpaired) electrons. The van der Waals surface area contributed by atoms with Gasteiger partial charge in [-0.2, -0.15) is 0 Å². The fourth-order valence-corrected chi connectivity index (χ4v) is 2.93. The van der Waals surface area contributed by atoms with E-state index in [1.165, 1.54) is 41.4 Å². The molecule has 5 heteroatoms. The van der Waals surface area contributed by atoms with Crippen LogP contribution in [0.5, 0.6) is 0 Å². The van der Waals surface area contributed by atoms with E-state index in [2.05, 4.69) is 46.5 Å². The molecular weight excluding hydrogens is 387 g/mol. The molecule has 1 heterocycles. The molecular formula is C17H25IN4. The van der Waals surface area contributed by atoms with Crippen molar-refractivity contribution in [1.82, 2.24) is 10.3 Å². The Kier molecular flexibility index (Phi) is 6.11. The van der Waals surface area contributed by atoms with Crippen LogP contribution in [0.1, 0.15) is 30.5 Å². The molecule has 22 heavy (non-hydrogen) atoms. The van der Waals surface area contributed by atoms with Crippen LogP contribution in [-0.2, 0) is 6.42 Å². The zero-order valence-corrected chi connectivity index (χ0v) is 15.4. The van der Waals surface area contributed by atoms with Gasteiger partial charge in [0.05, 0.1) is 0 Å². The van der Waals surface area contributed by atoms with Crippen LogP contribution in [0.2, 0.25) is 0 Å². The van der Waals surface area contributed by atoms with Gasteiger partial charge in [-0.1, -0.05) is 24.6 Å². The molecule has 1 aromatic carbocycles. The van der Waals surface area contributed by atoms with E-state index in [1.54, 1.807) is 0 Å². The average molecular weight is 412 g/mol. The highest BCUT2D eigenvalue weighted by Gasteiger charge is 2.16. The summed E-state index contributed by atoms with van der Waals surface area (Å²) < 4.78 is 0. The second-order valence-electron chi connectivity index (χ2n) is 5.97. The molecule has 0 atom stereocenters. The lowest BCUT2D eigenvalue weighted by molar-refractivity contribution is 0.326. The zero-order valence-electron chi connectivity index (χ0n) is 13.1. The van der Waals surface area contributed by atoms with Crippen molar-refractivity contribution >= 4 is 40.8 Å². The number of aromatic amines is 1. The van der Waals surface area contributed by atoms with E-state index < -0.39 is 0 Å². The fourth-order valence-electron chi connectivity index (χ4n) is 2.93. The first-order valence-electron chi connectivity index (χ1n) is 7.84. The molecule has 120 valence electrons. The SMILES string of the molecule is Cc1[nH]c2ccccc2c1CCNC(N)=NCC1CCC1.I. The van der Waals surface area contributed by atoms with Gasteiger partial charge in [0.2, 0.25) is 0 Å². The smallest absolute Gasteiger partial charge is 0.188 e. The Morgan fingerprint density at radius 1 is 1.36 bits per heavy atom. The summed E-state index contributed by atoms with van der Waals surface area (Å²) in [5.41, 5.74) is 9.73. The lowest BCUT2D eigenvalue weighted by Gasteiger charge is -2.23. The van der Waals surface area contributed by atoms with Gasteiger partial charge in [0, 0.05) is 29.7 Å². The minimum Gasteiger partial charge on any atom is -0.370 e. The molecule has 0 aliphatic heterocycles. The van der Waals surface area contributed by atoms with Crippen molar-refractivity contribution in [3.05, 3.63) is 35.5 Å². The lowest BCUT2D eigenvalue weighted by Crippen LogP contribution is -2.34. The Morgan fingerprint density at radius 2 is 2.14 bits per heavy atom. The topological polar surface area (TPSA) is 66.2 Å². The summed E-state index contributed by atoms with van der Waals surface area (Å²) >= 11 is 0. The van der Waals surface area contributed by atoms with Crippen molar-refractivity contribution in [2.45, 2.75) is 32.6 Å². The third kappa shape index (κ3) is 3.94. The Hall–Kier alpha value is -1.24. The number of aromatic nitrogens is 1. The Bertz CT molecular complexity index is 643. The number of benzene rings is 1. The molecule has 3 rings (SSSR count). The zero-order chi connectivity index (χ0) is 14.7. The van der Waals surface area contributed by atoms with Gasteiger partial charge in [0.1, 0.15) is 0 Å². The number of rotatable bonds is 5. The first-order valence-corrected chi connectivity index (χ1v) is 7.84. The first kappa shape index (κ1) is 17.1. The molecule has 0 spiro atoms. The van der Waals surface area contributed by atoms with Crippen LogP contribution in [0.4, 0.5) is 0 Å². The van der Waals surface area contributed by atoms with Gasteiger partial charge >= 0.3 is 0 Å². The number of hydrogen-bond donors (Lipinski definition) is 3. The highest BCUT2D eigenvalue weighted by atomic mass is 127. The standard InChI is InChI=1S/C17H24N4.HI/c1-12-14(15-7-2-3-8-16(15)21-12)9-10-19-17(18)20-11-13-5-4-6-13;/h2-3,7-8,13,21H,4-6,9-11H2,1H3,(H3,18,19,20);1H. The summed E-state index contributed by atoms with van der Waals surface area (Å²) in [7, 11) is 0. The van der Waals surface area contributed by atoms with Gasteiger partial charge in [-0.05, 0) is 43.7 Å². The van der Waals surface area contributed by atoms with Crippen LogP contribution < -0.4 is 11.1 Å². The number of nitrogens with one attached hydrogen (secondary N) is 2. The van der Waals surface area contributed by atoms with E-state index >= 15 is 0 Å². The van der Waals surface area contributed by atoms with Crippen molar-refractivity contribution in [3.8, 4) is 0 Å². The highest BCUT2D eigenvalue weighted by Crippen LogP contribution is 2.26. The largest absolute Gasteiger partial charge is 0.370 e. The third-order valence-electron chi connectivity index (χ3n) is 4.45. The number of nitrogens with zero attached hydrogens (tertiary/aromatic N) is 1. The maximum atomic E-state index is 5.92. The predicted molar refractivity (Wildman–Crippen MR) is 104 cm³/mol. The van der Waals surface area contributed by atoms with E-state index in [1.807, 2.05) is 0 Å². The number of para-hydroxylation sites is 1. The molecule has 4 N–H and O–H groups in total. The molecule has 0 amide bonds. The molecule has 0 saturated heterocycles. The number of guanidine groups is 1. The quantitative estimate of drug-likeness (QED) is 0.401. The van der Waals surface area contributed by atoms with Gasteiger partial charge in [-0.3, -0.25) is 4.99 Å². The number of fused-ring (bicyclic) bond motifs is 1. The van der Waals surface area contributed by atoms with Crippen LogP contribution in [0, 0.1) is 12.8 Å². The van der Waals surface area contributed by atoms with Crippen LogP contribution in [0.15, 0.2) is 29.3 Å². The maximum absolute atomic E-state index is 5.92. The molecule has 2 aromatic rings. The molecule has 0 bridgehead atoms. The van der Waals surface area contributed by atoms with Crippen molar-refractivity contribution in [1.29, 1.82) is 0 Å². The summed E-state index contributed by atoms with van der Waals surface area (Å²) in [5.74, 6) is 1.35. The van der Waals surface area contributed by atoms with Crippen LogP contribution >= 0.6 is 24.0 Å². The van der Waals surface area contributed by atoms with Crippen molar-refractivity contribution < 1.29 is 0 Å². The Balaban J connectivity index is 0.00000176. The summed E-state index contributed by atoms with van der Waals surface area (Å²) in [5, 5.41) is 4.54. The van der Waals surface area contributed by atoms with Crippen LogP contribution in [0.3, 0.4) is 0 Å². The minimum atomic E-state index is 0. The van der Waals surface area contributed by atoms with E-state index in [4.69, 9.17) is 5.73 Å². The third-order valence-corrected chi connectivity index (χ3v) is 4.45. The first-order chi connectivity index (χ1) is 10.2. The predicted octanol–water partition coefficient (Wildman–Crippen LogP) is 3.34. The second-order valence-corrected chi connectivity index (χ2v) is 5.97. The van der Waals surface area contributed by atoms with E-state index in [-0.39, 0.29) is 24.0 Å². The van der Waals surface area contributed by atoms with Crippen molar-refractivity contribution in [3.63, 3.8) is 0 Å². The molecule has 1 aromatic heterocycles. The van der Waals surface area contributed by atoms with E-state index in [0.29, 0.717) is 5.96 Å². The average Bonchev–Trinajstić information content (AvgIpc) is 2.73. The van der Waals surface area contributed by atoms with Crippen molar-refractivity contribution in [2.75, 3.05) is 13.1 Å². The maximum Gasteiger partial charge on any atom is 0.188 e. The minimum absolute atomic E-state index is 0. The van der Waals surface area contributed by atoms with Crippen LogP contribution in [0.25, 0.3) is 10.9 Å². The van der Waals surface area contributed by atoms with Gasteiger partial charge in [-0.25, -0.2) is 0 Å². The number of aryl methyl sites for hydroxylation is 1. The number of H-pyrrole nitrogens is 1. The van der Waals surface area contributed by atoms with E-state index in [0.717, 1.165) is 25.4 Å². The summed E-state index contributed by atoms with van der Waals surface area (Å²) in [6, 6.07) is 8.43. The van der Waals surface area contributed by atoms with Gasteiger partial charge < -0.3 is 16.0 Å². The number of aliphatic imine (C=N–C) groups is 1. The Morgan fingerprint density at radius 3 is 2.86 bits per heavy atom.